The maximum absolute atomic E-state index is 9.17. The molecule has 0 fully saturated rings. The van der Waals surface area contributed by atoms with Gasteiger partial charge >= 0.3 is 0 Å². The minimum Gasteiger partial charge on any atom is -0.493 e. The fourth-order valence-corrected chi connectivity index (χ4v) is 3.17. The topological polar surface area (TPSA) is 41.5 Å². The van der Waals surface area contributed by atoms with Crippen LogP contribution in [0, 0.1) is 5.92 Å². The van der Waals surface area contributed by atoms with Crippen molar-refractivity contribution in [2.75, 3.05) is 19.8 Å². The summed E-state index contributed by atoms with van der Waals surface area (Å²) < 4.78 is 5.58. The predicted octanol–water partition coefficient (Wildman–Crippen LogP) is 3.46. The SMILES string of the molecule is CCCC(CCO)CNC(CC)c1ccc2c(c1)CCO2. The Morgan fingerprint density at radius 3 is 2.86 bits per heavy atom. The normalized spacial score (nSPS) is 16.3. The van der Waals surface area contributed by atoms with Crippen molar-refractivity contribution in [2.45, 2.75) is 52.0 Å². The number of hydrogen-bond donors (Lipinski definition) is 2. The highest BCUT2D eigenvalue weighted by Crippen LogP contribution is 2.29. The zero-order valence-electron chi connectivity index (χ0n) is 13.4. The highest BCUT2D eigenvalue weighted by molar-refractivity contribution is 5.40. The number of aliphatic hydroxyl groups is 1. The molecule has 0 radical (unpaired) electrons. The zero-order chi connectivity index (χ0) is 15.1. The predicted molar refractivity (Wildman–Crippen MR) is 86.8 cm³/mol. The van der Waals surface area contributed by atoms with Crippen LogP contribution in [0.25, 0.3) is 0 Å². The van der Waals surface area contributed by atoms with Gasteiger partial charge < -0.3 is 15.2 Å². The standard InChI is InChI=1S/C18H29NO2/c1-3-5-14(8-10-20)13-19-17(4-2)15-6-7-18-16(12-15)9-11-21-18/h6-7,12,14,17,19-20H,3-5,8-11,13H2,1-2H3. The largest absolute Gasteiger partial charge is 0.493 e. The van der Waals surface area contributed by atoms with Crippen molar-refractivity contribution in [1.82, 2.24) is 5.32 Å². The van der Waals surface area contributed by atoms with Gasteiger partial charge in [0.05, 0.1) is 6.61 Å². The minimum atomic E-state index is 0.291. The van der Waals surface area contributed by atoms with Crippen LogP contribution in [0.2, 0.25) is 0 Å². The molecule has 0 bridgehead atoms. The highest BCUT2D eigenvalue weighted by Gasteiger charge is 2.17. The summed E-state index contributed by atoms with van der Waals surface area (Å²) in [5.74, 6) is 1.63. The number of aliphatic hydroxyl groups excluding tert-OH is 1. The van der Waals surface area contributed by atoms with Gasteiger partial charge in [0.1, 0.15) is 5.75 Å². The van der Waals surface area contributed by atoms with Gasteiger partial charge in [0.25, 0.3) is 0 Å². The first-order valence-electron chi connectivity index (χ1n) is 8.38. The molecule has 2 N–H and O–H groups in total. The highest BCUT2D eigenvalue weighted by atomic mass is 16.5. The van der Waals surface area contributed by atoms with Crippen molar-refractivity contribution in [1.29, 1.82) is 0 Å². The zero-order valence-corrected chi connectivity index (χ0v) is 13.4. The van der Waals surface area contributed by atoms with Crippen molar-refractivity contribution in [3.05, 3.63) is 29.3 Å². The van der Waals surface area contributed by atoms with Crippen LogP contribution >= 0.6 is 0 Å². The van der Waals surface area contributed by atoms with Crippen LogP contribution in [0.3, 0.4) is 0 Å². The van der Waals surface area contributed by atoms with E-state index < -0.39 is 0 Å². The maximum Gasteiger partial charge on any atom is 0.122 e. The first-order valence-corrected chi connectivity index (χ1v) is 8.38. The maximum atomic E-state index is 9.17. The van der Waals surface area contributed by atoms with E-state index in [1.54, 1.807) is 0 Å². The van der Waals surface area contributed by atoms with Crippen molar-refractivity contribution in [2.24, 2.45) is 5.92 Å². The molecule has 2 rings (SSSR count). The van der Waals surface area contributed by atoms with Crippen molar-refractivity contribution >= 4 is 0 Å². The van der Waals surface area contributed by atoms with Gasteiger partial charge in [-0.25, -0.2) is 0 Å². The summed E-state index contributed by atoms with van der Waals surface area (Å²) in [6.45, 7) is 6.53. The van der Waals surface area contributed by atoms with Crippen molar-refractivity contribution < 1.29 is 9.84 Å². The van der Waals surface area contributed by atoms with Gasteiger partial charge in [-0.2, -0.15) is 0 Å². The fraction of sp³-hybridized carbons (Fsp3) is 0.667. The molecule has 2 atom stereocenters. The quantitative estimate of drug-likeness (QED) is 0.732. The van der Waals surface area contributed by atoms with Crippen LogP contribution in [0.15, 0.2) is 18.2 Å². The molecular weight excluding hydrogens is 262 g/mol. The summed E-state index contributed by atoms with van der Waals surface area (Å²) >= 11 is 0. The monoisotopic (exact) mass is 291 g/mol. The molecule has 0 amide bonds. The molecule has 1 aliphatic heterocycles. The molecule has 0 spiro atoms. The first-order chi connectivity index (χ1) is 10.3. The molecule has 0 aliphatic carbocycles. The van der Waals surface area contributed by atoms with Gasteiger partial charge in [0.15, 0.2) is 0 Å². The van der Waals surface area contributed by atoms with E-state index in [2.05, 4.69) is 37.4 Å². The van der Waals surface area contributed by atoms with Crippen LogP contribution < -0.4 is 10.1 Å². The second-order valence-electron chi connectivity index (χ2n) is 6.00. The van der Waals surface area contributed by atoms with E-state index in [9.17, 15) is 0 Å². The van der Waals surface area contributed by atoms with Gasteiger partial charge in [-0.05, 0) is 48.9 Å². The van der Waals surface area contributed by atoms with Gasteiger partial charge in [0, 0.05) is 19.1 Å². The molecule has 0 saturated carbocycles. The van der Waals surface area contributed by atoms with Crippen LogP contribution in [0.4, 0.5) is 0 Å². The molecule has 3 nitrogen and oxygen atoms in total. The lowest BCUT2D eigenvalue weighted by Crippen LogP contribution is -2.27. The van der Waals surface area contributed by atoms with Crippen LogP contribution in [-0.2, 0) is 6.42 Å². The average Bonchev–Trinajstić information content (AvgIpc) is 2.96. The Morgan fingerprint density at radius 2 is 2.14 bits per heavy atom. The number of nitrogens with one attached hydrogen (secondary N) is 1. The third-order valence-corrected chi connectivity index (χ3v) is 4.41. The molecule has 2 unspecified atom stereocenters. The number of hydrogen-bond acceptors (Lipinski definition) is 3. The summed E-state index contributed by atoms with van der Waals surface area (Å²) in [5.41, 5.74) is 2.70. The summed E-state index contributed by atoms with van der Waals surface area (Å²) in [7, 11) is 0. The molecule has 21 heavy (non-hydrogen) atoms. The Kier molecular flexibility index (Phi) is 6.52. The summed E-state index contributed by atoms with van der Waals surface area (Å²) in [5, 5.41) is 12.9. The Hall–Kier alpha value is -1.06. The molecule has 1 aromatic carbocycles. The molecule has 1 aliphatic rings. The Labute approximate surface area is 128 Å². The van der Waals surface area contributed by atoms with Gasteiger partial charge in [0.2, 0.25) is 0 Å². The van der Waals surface area contributed by atoms with Crippen molar-refractivity contribution in [3.63, 3.8) is 0 Å². The van der Waals surface area contributed by atoms with E-state index in [1.165, 1.54) is 24.0 Å². The van der Waals surface area contributed by atoms with Crippen LogP contribution in [0.5, 0.6) is 5.75 Å². The van der Waals surface area contributed by atoms with E-state index in [1.807, 2.05) is 0 Å². The van der Waals surface area contributed by atoms with E-state index in [0.717, 1.165) is 38.2 Å². The molecule has 3 heteroatoms. The van der Waals surface area contributed by atoms with Gasteiger partial charge in [-0.15, -0.1) is 0 Å². The van der Waals surface area contributed by atoms with Gasteiger partial charge in [-0.1, -0.05) is 32.4 Å². The summed E-state index contributed by atoms with van der Waals surface area (Å²) in [6.07, 6.45) is 5.37. The smallest absolute Gasteiger partial charge is 0.122 e. The average molecular weight is 291 g/mol. The molecule has 0 saturated heterocycles. The fourth-order valence-electron chi connectivity index (χ4n) is 3.17. The van der Waals surface area contributed by atoms with E-state index in [4.69, 9.17) is 9.84 Å². The molecular formula is C18H29NO2. The number of rotatable bonds is 9. The molecule has 1 aromatic rings. The first kappa shape index (κ1) is 16.3. The lowest BCUT2D eigenvalue weighted by atomic mass is 9.97. The summed E-state index contributed by atoms with van der Waals surface area (Å²) in [4.78, 5) is 0. The Balaban J connectivity index is 1.95. The Bertz CT molecular complexity index is 427. The summed E-state index contributed by atoms with van der Waals surface area (Å²) in [6, 6.07) is 6.99. The van der Waals surface area contributed by atoms with Crippen LogP contribution in [0.1, 0.15) is 56.7 Å². The second-order valence-corrected chi connectivity index (χ2v) is 6.00. The second kappa shape index (κ2) is 8.40. The molecule has 0 aromatic heterocycles. The van der Waals surface area contributed by atoms with E-state index in [0.29, 0.717) is 18.6 Å². The molecule has 118 valence electrons. The third kappa shape index (κ3) is 4.45. The number of ether oxygens (including phenoxy) is 1. The van der Waals surface area contributed by atoms with E-state index >= 15 is 0 Å². The minimum absolute atomic E-state index is 0.291. The van der Waals surface area contributed by atoms with Crippen LogP contribution in [-0.4, -0.2) is 24.9 Å². The lowest BCUT2D eigenvalue weighted by molar-refractivity contribution is 0.244. The van der Waals surface area contributed by atoms with E-state index in [-0.39, 0.29) is 0 Å². The number of fused-ring (bicyclic) bond motifs is 1. The Morgan fingerprint density at radius 1 is 1.29 bits per heavy atom. The molecule has 1 heterocycles. The number of benzene rings is 1. The van der Waals surface area contributed by atoms with Crippen molar-refractivity contribution in [3.8, 4) is 5.75 Å². The third-order valence-electron chi connectivity index (χ3n) is 4.41. The lowest BCUT2D eigenvalue weighted by Gasteiger charge is -2.22. The van der Waals surface area contributed by atoms with Gasteiger partial charge in [-0.3, -0.25) is 0 Å².